The Labute approximate surface area is 153 Å². The third kappa shape index (κ3) is 5.54. The van der Waals surface area contributed by atoms with Gasteiger partial charge in [0.2, 0.25) is 0 Å². The molecule has 1 atom stereocenters. The predicted octanol–water partition coefficient (Wildman–Crippen LogP) is 2.10. The number of ether oxygens (including phenoxy) is 1. The monoisotopic (exact) mass is 390 g/mol. The van der Waals surface area contributed by atoms with Crippen LogP contribution in [0.3, 0.4) is 0 Å². The average Bonchev–Trinajstić information content (AvgIpc) is 3.13. The van der Waals surface area contributed by atoms with E-state index in [-0.39, 0.29) is 0 Å². The zero-order valence-electron chi connectivity index (χ0n) is 15.2. The molecule has 0 amide bonds. The molecule has 0 fully saturated rings. The minimum atomic E-state index is -5.08. The van der Waals surface area contributed by atoms with Crippen LogP contribution in [0.2, 0.25) is 0 Å². The lowest BCUT2D eigenvalue weighted by Gasteiger charge is -2.32. The minimum Gasteiger partial charge on any atom is -0.475 e. The molecule has 3 rings (SSSR count). The van der Waals surface area contributed by atoms with Gasteiger partial charge in [0.05, 0.1) is 18.5 Å². The summed E-state index contributed by atoms with van der Waals surface area (Å²) < 4.78 is 44.2. The van der Waals surface area contributed by atoms with Crippen LogP contribution in [0.15, 0.2) is 16.8 Å². The Morgan fingerprint density at radius 3 is 2.67 bits per heavy atom. The third-order valence-electron chi connectivity index (χ3n) is 4.00. The molecule has 150 valence electrons. The summed E-state index contributed by atoms with van der Waals surface area (Å²) in [6.45, 7) is 5.27. The van der Waals surface area contributed by atoms with Crippen LogP contribution in [0.25, 0.3) is 0 Å². The summed E-state index contributed by atoms with van der Waals surface area (Å²) in [6.07, 6.45) is -3.13. The predicted molar refractivity (Wildman–Crippen MR) is 86.9 cm³/mol. The van der Waals surface area contributed by atoms with E-state index in [9.17, 15) is 13.2 Å². The van der Waals surface area contributed by atoms with Crippen molar-refractivity contribution >= 4 is 5.97 Å². The molecule has 0 bridgehead atoms. The number of halogens is 3. The van der Waals surface area contributed by atoms with Crippen molar-refractivity contribution in [3.8, 4) is 0 Å². The molecule has 0 saturated heterocycles. The largest absolute Gasteiger partial charge is 0.490 e. The molecule has 2 aromatic heterocycles. The molecule has 27 heavy (non-hydrogen) atoms. The van der Waals surface area contributed by atoms with Gasteiger partial charge in [-0.2, -0.15) is 18.3 Å². The number of carboxylic acid groups (broad SMARTS) is 1. The van der Waals surface area contributed by atoms with Gasteiger partial charge in [-0.1, -0.05) is 5.16 Å². The highest BCUT2D eigenvalue weighted by atomic mass is 19.4. The smallest absolute Gasteiger partial charge is 0.475 e. The van der Waals surface area contributed by atoms with Gasteiger partial charge in [0.15, 0.2) is 0 Å². The topological polar surface area (TPSA) is 93.6 Å². The van der Waals surface area contributed by atoms with Crippen LogP contribution in [-0.2, 0) is 29.7 Å². The highest BCUT2D eigenvalue weighted by molar-refractivity contribution is 5.73. The van der Waals surface area contributed by atoms with E-state index in [0.717, 1.165) is 31.1 Å². The number of alkyl halides is 3. The van der Waals surface area contributed by atoms with Crippen LogP contribution in [0.5, 0.6) is 0 Å². The lowest BCUT2D eigenvalue weighted by molar-refractivity contribution is -0.192. The molecule has 0 radical (unpaired) electrons. The van der Waals surface area contributed by atoms with Gasteiger partial charge in [-0.05, 0) is 6.92 Å². The summed E-state index contributed by atoms with van der Waals surface area (Å²) in [5.41, 5.74) is 3.55. The lowest BCUT2D eigenvalue weighted by Crippen LogP contribution is -2.35. The summed E-state index contributed by atoms with van der Waals surface area (Å²) in [4.78, 5) is 11.3. The number of aromatic nitrogens is 3. The highest BCUT2D eigenvalue weighted by Crippen LogP contribution is 2.28. The second-order valence-corrected chi connectivity index (χ2v) is 6.23. The molecule has 3 heterocycles. The van der Waals surface area contributed by atoms with E-state index in [1.807, 2.05) is 30.9 Å². The molecular weight excluding hydrogens is 369 g/mol. The van der Waals surface area contributed by atoms with Crippen molar-refractivity contribution in [2.45, 2.75) is 32.1 Å². The maximum atomic E-state index is 10.6. The van der Waals surface area contributed by atoms with Gasteiger partial charge >= 0.3 is 12.1 Å². The van der Waals surface area contributed by atoms with E-state index in [0.29, 0.717) is 12.5 Å². The SMILES string of the molecule is COCC1CN(Cc2cc(C)on2)Cc2cnn(C)c21.O=C(O)C(F)(F)F. The summed E-state index contributed by atoms with van der Waals surface area (Å²) in [5.74, 6) is -1.55. The van der Waals surface area contributed by atoms with Crippen LogP contribution in [0.4, 0.5) is 13.2 Å². The molecule has 1 aliphatic rings. The van der Waals surface area contributed by atoms with Gasteiger partial charge in [0.1, 0.15) is 5.76 Å². The summed E-state index contributed by atoms with van der Waals surface area (Å²) in [6, 6.07) is 1.99. The summed E-state index contributed by atoms with van der Waals surface area (Å²) >= 11 is 0. The fourth-order valence-corrected chi connectivity index (χ4v) is 3.02. The van der Waals surface area contributed by atoms with Crippen LogP contribution < -0.4 is 0 Å². The average molecular weight is 390 g/mol. The van der Waals surface area contributed by atoms with Crippen LogP contribution in [-0.4, -0.2) is 57.4 Å². The van der Waals surface area contributed by atoms with Crippen LogP contribution in [0.1, 0.15) is 28.6 Å². The summed E-state index contributed by atoms with van der Waals surface area (Å²) in [5, 5.41) is 15.6. The van der Waals surface area contributed by atoms with E-state index < -0.39 is 12.1 Å². The van der Waals surface area contributed by atoms with Gasteiger partial charge in [-0.3, -0.25) is 9.58 Å². The van der Waals surface area contributed by atoms with Crippen molar-refractivity contribution in [3.05, 3.63) is 35.0 Å². The molecule has 0 spiro atoms. The van der Waals surface area contributed by atoms with Gasteiger partial charge in [0.25, 0.3) is 0 Å². The molecule has 0 aliphatic carbocycles. The van der Waals surface area contributed by atoms with Crippen molar-refractivity contribution < 1.29 is 32.3 Å². The number of carboxylic acids is 1. The zero-order valence-corrected chi connectivity index (χ0v) is 15.2. The van der Waals surface area contributed by atoms with Crippen molar-refractivity contribution in [2.24, 2.45) is 7.05 Å². The molecule has 0 aromatic carbocycles. The first-order chi connectivity index (χ1) is 12.6. The molecule has 11 heteroatoms. The Morgan fingerprint density at radius 1 is 1.48 bits per heavy atom. The fraction of sp³-hybridized carbons (Fsp3) is 0.562. The van der Waals surface area contributed by atoms with Crippen molar-refractivity contribution in [1.29, 1.82) is 0 Å². The number of methoxy groups -OCH3 is 1. The summed E-state index contributed by atoms with van der Waals surface area (Å²) in [7, 11) is 3.74. The first kappa shape index (κ1) is 20.9. The van der Waals surface area contributed by atoms with Crippen LogP contribution in [0, 0.1) is 6.92 Å². The lowest BCUT2D eigenvalue weighted by atomic mass is 9.97. The van der Waals surface area contributed by atoms with E-state index in [2.05, 4.69) is 15.2 Å². The quantitative estimate of drug-likeness (QED) is 0.854. The van der Waals surface area contributed by atoms with Crippen molar-refractivity contribution in [2.75, 3.05) is 20.3 Å². The number of hydrogen-bond donors (Lipinski definition) is 1. The number of carbonyl (C=O) groups is 1. The molecular formula is C16H21F3N4O4. The number of fused-ring (bicyclic) bond motifs is 1. The first-order valence-corrected chi connectivity index (χ1v) is 8.06. The number of rotatable bonds is 4. The molecule has 1 unspecified atom stereocenters. The van der Waals surface area contributed by atoms with E-state index >= 15 is 0 Å². The molecule has 1 aliphatic heterocycles. The Morgan fingerprint density at radius 2 is 2.15 bits per heavy atom. The normalized spacial score (nSPS) is 17.2. The number of aliphatic carboxylic acids is 1. The van der Waals surface area contributed by atoms with E-state index in [1.54, 1.807) is 7.11 Å². The third-order valence-corrected chi connectivity index (χ3v) is 4.00. The van der Waals surface area contributed by atoms with Gasteiger partial charge < -0.3 is 14.4 Å². The Balaban J connectivity index is 0.000000321. The van der Waals surface area contributed by atoms with E-state index in [4.69, 9.17) is 19.2 Å². The van der Waals surface area contributed by atoms with Crippen LogP contribution >= 0.6 is 0 Å². The molecule has 0 saturated carbocycles. The first-order valence-electron chi connectivity index (χ1n) is 8.06. The van der Waals surface area contributed by atoms with Crippen molar-refractivity contribution in [3.63, 3.8) is 0 Å². The second-order valence-electron chi connectivity index (χ2n) is 6.23. The fourth-order valence-electron chi connectivity index (χ4n) is 3.02. The van der Waals surface area contributed by atoms with Gasteiger partial charge in [-0.25, -0.2) is 4.79 Å². The maximum Gasteiger partial charge on any atom is 0.490 e. The minimum absolute atomic E-state index is 0.351. The molecule has 2 aromatic rings. The highest BCUT2D eigenvalue weighted by Gasteiger charge is 2.38. The number of nitrogens with zero attached hydrogens (tertiary/aromatic N) is 4. The molecule has 1 N–H and O–H groups in total. The Hall–Kier alpha value is -2.40. The van der Waals surface area contributed by atoms with Gasteiger partial charge in [0, 0.05) is 57.0 Å². The Bertz CT molecular complexity index is 772. The second kappa shape index (κ2) is 8.53. The van der Waals surface area contributed by atoms with E-state index in [1.165, 1.54) is 11.3 Å². The zero-order chi connectivity index (χ0) is 20.2. The maximum absolute atomic E-state index is 10.6. The number of hydrogen-bond acceptors (Lipinski definition) is 6. The molecule has 8 nitrogen and oxygen atoms in total. The standard InChI is InChI=1S/C14H20N4O2.C2HF3O2/c1-10-4-13(16-20-10)8-18-6-11-5-15-17(2)14(11)12(7-18)9-19-3;3-2(4,5)1(6)7/h4-5,12H,6-9H2,1-3H3;(H,6,7). The van der Waals surface area contributed by atoms with Gasteiger partial charge in [-0.15, -0.1) is 0 Å². The number of aryl methyl sites for hydroxylation is 2. The Kier molecular flexibility index (Phi) is 6.60. The van der Waals surface area contributed by atoms with Crippen molar-refractivity contribution in [1.82, 2.24) is 19.8 Å².